The minimum Gasteiger partial charge on any atom is -0.498 e. The molecule has 0 unspecified atom stereocenters. The molecule has 1 rings (SSSR count). The summed E-state index contributed by atoms with van der Waals surface area (Å²) in [4.78, 5) is 11.1. The van der Waals surface area contributed by atoms with Gasteiger partial charge in [0.05, 0.1) is 19.5 Å². The molecule has 16 heavy (non-hydrogen) atoms. The van der Waals surface area contributed by atoms with Gasteiger partial charge in [0, 0.05) is 18.9 Å². The lowest BCUT2D eigenvalue weighted by Crippen LogP contribution is -2.06. The molecule has 3 nitrogen and oxygen atoms in total. The zero-order valence-electron chi connectivity index (χ0n) is 10.1. The van der Waals surface area contributed by atoms with E-state index in [1.54, 1.807) is 6.08 Å². The number of rotatable bonds is 5. The molecule has 0 amide bonds. The Balaban J connectivity index is 2.51. The van der Waals surface area contributed by atoms with E-state index < -0.39 is 0 Å². The molecular formula is C13H20O3. The topological polar surface area (TPSA) is 35.5 Å². The Morgan fingerprint density at radius 1 is 1.56 bits per heavy atom. The van der Waals surface area contributed by atoms with Crippen molar-refractivity contribution in [1.29, 1.82) is 0 Å². The molecule has 0 bridgehead atoms. The van der Waals surface area contributed by atoms with E-state index in [1.165, 1.54) is 20.0 Å². The van der Waals surface area contributed by atoms with Crippen molar-refractivity contribution in [3.8, 4) is 0 Å². The molecule has 0 aromatic rings. The summed E-state index contributed by atoms with van der Waals surface area (Å²) in [5.41, 5.74) is 1.00. The van der Waals surface area contributed by atoms with Crippen LogP contribution in [0.1, 0.15) is 39.0 Å². The van der Waals surface area contributed by atoms with Crippen LogP contribution >= 0.6 is 0 Å². The first kappa shape index (κ1) is 12.8. The average molecular weight is 224 g/mol. The van der Waals surface area contributed by atoms with Gasteiger partial charge in [-0.15, -0.1) is 0 Å². The number of carbonyl (C=O) groups excluding carboxylic acids is 1. The van der Waals surface area contributed by atoms with Gasteiger partial charge in [0.25, 0.3) is 0 Å². The maximum atomic E-state index is 11.1. The fourth-order valence-electron chi connectivity index (χ4n) is 1.64. The smallest absolute Gasteiger partial charge is 0.330 e. The Morgan fingerprint density at radius 3 is 3.06 bits per heavy atom. The Bertz CT molecular complexity index is 290. The summed E-state index contributed by atoms with van der Waals surface area (Å²) < 4.78 is 10.1. The lowest BCUT2D eigenvalue weighted by molar-refractivity contribution is -0.134. The van der Waals surface area contributed by atoms with Crippen molar-refractivity contribution in [1.82, 2.24) is 0 Å². The third kappa shape index (κ3) is 4.51. The fraction of sp³-hybridized carbons (Fsp3) is 0.615. The highest BCUT2D eigenvalue weighted by atomic mass is 16.5. The van der Waals surface area contributed by atoms with Crippen LogP contribution in [0.3, 0.4) is 0 Å². The number of hydrogen-bond acceptors (Lipinski definition) is 3. The molecule has 0 spiro atoms. The summed E-state index contributed by atoms with van der Waals surface area (Å²) in [5, 5.41) is 0. The largest absolute Gasteiger partial charge is 0.498 e. The van der Waals surface area contributed by atoms with E-state index in [-0.39, 0.29) is 5.97 Å². The van der Waals surface area contributed by atoms with Crippen molar-refractivity contribution in [2.24, 2.45) is 0 Å². The highest BCUT2D eigenvalue weighted by Gasteiger charge is 2.09. The Labute approximate surface area is 97.1 Å². The number of carbonyl (C=O) groups is 1. The van der Waals surface area contributed by atoms with Gasteiger partial charge < -0.3 is 9.47 Å². The molecule has 3 heteroatoms. The van der Waals surface area contributed by atoms with Crippen LogP contribution in [-0.4, -0.2) is 19.7 Å². The number of unbranched alkanes of at least 4 members (excludes halogenated alkanes) is 2. The lowest BCUT2D eigenvalue weighted by atomic mass is 10.1. The van der Waals surface area contributed by atoms with Crippen LogP contribution in [0.4, 0.5) is 0 Å². The number of methoxy groups -OCH3 is 1. The third-order valence-electron chi connectivity index (χ3n) is 2.56. The quantitative estimate of drug-likeness (QED) is 0.409. The van der Waals surface area contributed by atoms with Crippen LogP contribution in [0.5, 0.6) is 0 Å². The molecule has 0 N–H and O–H groups in total. The van der Waals surface area contributed by atoms with E-state index in [9.17, 15) is 4.79 Å². The van der Waals surface area contributed by atoms with Crippen molar-refractivity contribution in [2.75, 3.05) is 13.7 Å². The summed E-state index contributed by atoms with van der Waals surface area (Å²) in [7, 11) is 1.39. The van der Waals surface area contributed by atoms with Crippen LogP contribution in [0, 0.1) is 0 Å². The lowest BCUT2D eigenvalue weighted by Gasteiger charge is -2.16. The maximum Gasteiger partial charge on any atom is 0.330 e. The Morgan fingerprint density at radius 2 is 2.38 bits per heavy atom. The molecule has 0 radical (unpaired) electrons. The molecule has 0 aliphatic carbocycles. The second kappa shape index (κ2) is 7.09. The molecule has 0 saturated heterocycles. The predicted molar refractivity (Wildman–Crippen MR) is 62.9 cm³/mol. The van der Waals surface area contributed by atoms with E-state index in [2.05, 4.69) is 11.7 Å². The minimum absolute atomic E-state index is 0.291. The monoisotopic (exact) mass is 224 g/mol. The highest BCUT2D eigenvalue weighted by Crippen LogP contribution is 2.20. The molecule has 1 aliphatic rings. The number of ether oxygens (including phenoxy) is 2. The molecule has 0 aromatic heterocycles. The SMILES string of the molecule is CCCCCC1=C/C(=C\C(=O)OC)CCO1. The van der Waals surface area contributed by atoms with Crippen molar-refractivity contribution in [2.45, 2.75) is 39.0 Å². The first-order valence-electron chi connectivity index (χ1n) is 5.88. The molecule has 0 fully saturated rings. The second-order valence-corrected chi connectivity index (χ2v) is 3.91. The molecule has 1 aliphatic heterocycles. The summed E-state index contributed by atoms with van der Waals surface area (Å²) in [6.07, 6.45) is 8.83. The predicted octanol–water partition coefficient (Wildman–Crippen LogP) is 2.97. The molecule has 0 atom stereocenters. The molecule has 0 aromatic carbocycles. The van der Waals surface area contributed by atoms with Gasteiger partial charge in [0.1, 0.15) is 0 Å². The van der Waals surface area contributed by atoms with E-state index in [4.69, 9.17) is 4.74 Å². The molecule has 0 saturated carbocycles. The van der Waals surface area contributed by atoms with Gasteiger partial charge in [-0.05, 0) is 18.1 Å². The zero-order chi connectivity index (χ0) is 11.8. The standard InChI is InChI=1S/C13H20O3/c1-3-4-5-6-12-9-11(7-8-16-12)10-13(14)15-2/h9-10H,3-8H2,1-2H3/b11-10-. The van der Waals surface area contributed by atoms with Gasteiger partial charge >= 0.3 is 5.97 Å². The van der Waals surface area contributed by atoms with Gasteiger partial charge in [-0.25, -0.2) is 4.79 Å². The normalized spacial score (nSPS) is 17.9. The Hall–Kier alpha value is -1.25. The van der Waals surface area contributed by atoms with Crippen LogP contribution in [0.15, 0.2) is 23.5 Å². The van der Waals surface area contributed by atoms with Gasteiger partial charge in [-0.3, -0.25) is 0 Å². The van der Waals surface area contributed by atoms with E-state index in [0.29, 0.717) is 6.61 Å². The number of esters is 1. The second-order valence-electron chi connectivity index (χ2n) is 3.91. The zero-order valence-corrected chi connectivity index (χ0v) is 10.1. The Kier molecular flexibility index (Phi) is 5.68. The van der Waals surface area contributed by atoms with E-state index in [1.807, 2.05) is 6.08 Å². The van der Waals surface area contributed by atoms with Crippen molar-refractivity contribution >= 4 is 5.97 Å². The van der Waals surface area contributed by atoms with Crippen LogP contribution < -0.4 is 0 Å². The molecular weight excluding hydrogens is 204 g/mol. The molecule has 1 heterocycles. The summed E-state index contributed by atoms with van der Waals surface area (Å²) in [5.74, 6) is 0.705. The van der Waals surface area contributed by atoms with Crippen molar-refractivity contribution in [3.05, 3.63) is 23.5 Å². The number of hydrogen-bond donors (Lipinski definition) is 0. The summed E-state index contributed by atoms with van der Waals surface area (Å²) in [6.45, 7) is 2.85. The van der Waals surface area contributed by atoms with Gasteiger partial charge in [0.2, 0.25) is 0 Å². The van der Waals surface area contributed by atoms with Gasteiger partial charge in [0.15, 0.2) is 0 Å². The van der Waals surface area contributed by atoms with Crippen molar-refractivity contribution < 1.29 is 14.3 Å². The van der Waals surface area contributed by atoms with Gasteiger partial charge in [-0.1, -0.05) is 19.8 Å². The first-order chi connectivity index (χ1) is 7.76. The molecule has 90 valence electrons. The third-order valence-corrected chi connectivity index (χ3v) is 2.56. The van der Waals surface area contributed by atoms with Crippen LogP contribution in [-0.2, 0) is 14.3 Å². The van der Waals surface area contributed by atoms with Crippen molar-refractivity contribution in [3.63, 3.8) is 0 Å². The maximum absolute atomic E-state index is 11.1. The van der Waals surface area contributed by atoms with E-state index in [0.717, 1.165) is 30.6 Å². The summed E-state index contributed by atoms with van der Waals surface area (Å²) in [6, 6.07) is 0. The average Bonchev–Trinajstić information content (AvgIpc) is 2.30. The minimum atomic E-state index is -0.291. The fourth-order valence-corrected chi connectivity index (χ4v) is 1.64. The number of allylic oxidation sites excluding steroid dienone is 2. The van der Waals surface area contributed by atoms with Crippen LogP contribution in [0.25, 0.3) is 0 Å². The first-order valence-corrected chi connectivity index (χ1v) is 5.88. The highest BCUT2D eigenvalue weighted by molar-refractivity contribution is 5.83. The summed E-state index contributed by atoms with van der Waals surface area (Å²) >= 11 is 0. The van der Waals surface area contributed by atoms with Crippen LogP contribution in [0.2, 0.25) is 0 Å². The van der Waals surface area contributed by atoms with Gasteiger partial charge in [-0.2, -0.15) is 0 Å². The van der Waals surface area contributed by atoms with E-state index >= 15 is 0 Å².